The maximum Gasteiger partial charge on any atom is 0.0736 e. The molecular weight excluding hydrogens is 462 g/mol. The molecule has 100 valence electrons. The second-order valence-corrected chi connectivity index (χ2v) is 6.79. The number of hydrogen-bond donors (Lipinski definition) is 2. The third kappa shape index (κ3) is 3.43. The molecule has 2 aromatic carbocycles. The van der Waals surface area contributed by atoms with Crippen molar-refractivity contribution >= 4 is 61.7 Å². The first-order valence-electron chi connectivity index (χ1n) is 5.39. The van der Waals surface area contributed by atoms with Crippen LogP contribution >= 0.6 is 61.7 Å². The number of nitrogens with one attached hydrogen (secondary N) is 1. The first-order chi connectivity index (χ1) is 9.04. The Morgan fingerprint density at radius 2 is 1.89 bits per heavy atom. The lowest BCUT2D eigenvalue weighted by atomic mass is 9.99. The molecule has 0 aromatic heterocycles. The van der Waals surface area contributed by atoms with Crippen molar-refractivity contribution in [1.29, 1.82) is 0 Å². The van der Waals surface area contributed by atoms with Crippen LogP contribution in [0.15, 0.2) is 40.9 Å². The molecule has 0 spiro atoms. The molecule has 0 bridgehead atoms. The van der Waals surface area contributed by atoms with E-state index < -0.39 is 0 Å². The van der Waals surface area contributed by atoms with Crippen molar-refractivity contribution in [3.63, 3.8) is 0 Å². The molecule has 0 aliphatic heterocycles. The SMILES string of the molecule is NNC(c1cc(I)ccc1Br)c1cccc(Cl)c1Cl. The Morgan fingerprint density at radius 3 is 2.58 bits per heavy atom. The molecule has 3 N–H and O–H groups in total. The van der Waals surface area contributed by atoms with Crippen LogP contribution in [0.25, 0.3) is 0 Å². The van der Waals surface area contributed by atoms with Gasteiger partial charge < -0.3 is 0 Å². The number of hydrogen-bond acceptors (Lipinski definition) is 2. The summed E-state index contributed by atoms with van der Waals surface area (Å²) in [5.74, 6) is 5.70. The second-order valence-electron chi connectivity index (χ2n) is 3.91. The minimum absolute atomic E-state index is 0.227. The molecule has 0 heterocycles. The molecule has 0 aliphatic carbocycles. The minimum atomic E-state index is -0.227. The first-order valence-corrected chi connectivity index (χ1v) is 8.02. The predicted octanol–water partition coefficient (Wildman–Crippen LogP) is 4.91. The van der Waals surface area contributed by atoms with Crippen LogP contribution in [0.3, 0.4) is 0 Å². The van der Waals surface area contributed by atoms with Crippen molar-refractivity contribution in [2.45, 2.75) is 6.04 Å². The van der Waals surface area contributed by atoms with Crippen molar-refractivity contribution in [2.24, 2.45) is 5.84 Å². The van der Waals surface area contributed by atoms with Crippen molar-refractivity contribution in [2.75, 3.05) is 0 Å². The van der Waals surface area contributed by atoms with Crippen molar-refractivity contribution in [3.8, 4) is 0 Å². The molecule has 1 atom stereocenters. The normalized spacial score (nSPS) is 12.5. The molecule has 0 saturated heterocycles. The fraction of sp³-hybridized carbons (Fsp3) is 0.0769. The maximum atomic E-state index is 6.26. The predicted molar refractivity (Wildman–Crippen MR) is 92.5 cm³/mol. The van der Waals surface area contributed by atoms with E-state index in [0.29, 0.717) is 10.0 Å². The van der Waals surface area contributed by atoms with Crippen LogP contribution in [0.5, 0.6) is 0 Å². The van der Waals surface area contributed by atoms with Gasteiger partial charge in [-0.2, -0.15) is 0 Å². The third-order valence-corrected chi connectivity index (χ3v) is 4.95. The van der Waals surface area contributed by atoms with E-state index in [2.05, 4.69) is 43.9 Å². The molecule has 2 aromatic rings. The summed E-state index contributed by atoms with van der Waals surface area (Å²) in [4.78, 5) is 0. The number of rotatable bonds is 3. The Morgan fingerprint density at radius 1 is 1.16 bits per heavy atom. The van der Waals surface area contributed by atoms with Gasteiger partial charge in [0.1, 0.15) is 0 Å². The summed E-state index contributed by atoms with van der Waals surface area (Å²) in [6.07, 6.45) is 0. The number of halogens is 4. The van der Waals surface area contributed by atoms with Gasteiger partial charge in [-0.1, -0.05) is 51.3 Å². The Bertz CT molecular complexity index is 605. The molecule has 0 amide bonds. The monoisotopic (exact) mass is 470 g/mol. The smallest absolute Gasteiger partial charge is 0.0736 e. The van der Waals surface area contributed by atoms with E-state index in [1.54, 1.807) is 6.07 Å². The molecular formula is C13H10BrCl2IN2. The van der Waals surface area contributed by atoms with Gasteiger partial charge in [-0.15, -0.1) is 0 Å². The highest BCUT2D eigenvalue weighted by Crippen LogP contribution is 2.35. The number of benzene rings is 2. The summed E-state index contributed by atoms with van der Waals surface area (Å²) in [5, 5.41) is 1.03. The van der Waals surface area contributed by atoms with Gasteiger partial charge in [-0.25, -0.2) is 5.43 Å². The highest BCUT2D eigenvalue weighted by atomic mass is 127. The van der Waals surface area contributed by atoms with Gasteiger partial charge in [-0.3, -0.25) is 5.84 Å². The molecule has 19 heavy (non-hydrogen) atoms. The summed E-state index contributed by atoms with van der Waals surface area (Å²) in [6.45, 7) is 0. The Hall–Kier alpha value is 0.150. The number of nitrogens with two attached hydrogens (primary N) is 1. The zero-order valence-electron chi connectivity index (χ0n) is 9.63. The van der Waals surface area contributed by atoms with Gasteiger partial charge in [0, 0.05) is 8.04 Å². The molecule has 0 radical (unpaired) electrons. The lowest BCUT2D eigenvalue weighted by molar-refractivity contribution is 0.634. The van der Waals surface area contributed by atoms with E-state index in [-0.39, 0.29) is 6.04 Å². The third-order valence-electron chi connectivity index (χ3n) is 2.73. The Balaban J connectivity index is 2.56. The largest absolute Gasteiger partial charge is 0.271 e. The lowest BCUT2D eigenvalue weighted by Gasteiger charge is -2.20. The van der Waals surface area contributed by atoms with E-state index in [4.69, 9.17) is 29.0 Å². The first kappa shape index (κ1) is 15.5. The summed E-state index contributed by atoms with van der Waals surface area (Å²) < 4.78 is 2.08. The molecule has 0 aliphatic rings. The van der Waals surface area contributed by atoms with Gasteiger partial charge >= 0.3 is 0 Å². The summed E-state index contributed by atoms with van der Waals surface area (Å²) in [6, 6.07) is 11.3. The van der Waals surface area contributed by atoms with E-state index in [1.807, 2.05) is 30.3 Å². The van der Waals surface area contributed by atoms with Crippen molar-refractivity contribution in [3.05, 3.63) is 65.6 Å². The Kier molecular flexibility index (Phi) is 5.51. The van der Waals surface area contributed by atoms with E-state index in [0.717, 1.165) is 19.2 Å². The Labute approximate surface area is 143 Å². The lowest BCUT2D eigenvalue weighted by Crippen LogP contribution is -2.29. The zero-order chi connectivity index (χ0) is 14.0. The topological polar surface area (TPSA) is 38.0 Å². The fourth-order valence-corrected chi connectivity index (χ4v) is 3.23. The van der Waals surface area contributed by atoms with Gasteiger partial charge in [0.15, 0.2) is 0 Å². The standard InChI is InChI=1S/C13H10BrCl2IN2/c14-10-5-4-7(17)6-9(10)13(19-18)8-2-1-3-11(15)12(8)16/h1-6,13,19H,18H2. The van der Waals surface area contributed by atoms with Gasteiger partial charge in [0.25, 0.3) is 0 Å². The van der Waals surface area contributed by atoms with Crippen molar-refractivity contribution < 1.29 is 0 Å². The zero-order valence-corrected chi connectivity index (χ0v) is 14.9. The van der Waals surface area contributed by atoms with Gasteiger partial charge in [0.05, 0.1) is 16.1 Å². The average Bonchev–Trinajstić information content (AvgIpc) is 2.39. The van der Waals surface area contributed by atoms with E-state index in [9.17, 15) is 0 Å². The van der Waals surface area contributed by atoms with E-state index in [1.165, 1.54) is 0 Å². The quantitative estimate of drug-likeness (QED) is 0.379. The minimum Gasteiger partial charge on any atom is -0.271 e. The van der Waals surface area contributed by atoms with Crippen LogP contribution in [0, 0.1) is 3.57 Å². The second kappa shape index (κ2) is 6.74. The van der Waals surface area contributed by atoms with Gasteiger partial charge in [0.2, 0.25) is 0 Å². The summed E-state index contributed by atoms with van der Waals surface area (Å²) >= 11 is 18.1. The average molecular weight is 472 g/mol. The maximum absolute atomic E-state index is 6.26. The van der Waals surface area contributed by atoms with E-state index >= 15 is 0 Å². The summed E-state index contributed by atoms with van der Waals surface area (Å²) in [5.41, 5.74) is 4.65. The van der Waals surface area contributed by atoms with Crippen LogP contribution in [-0.2, 0) is 0 Å². The molecule has 2 rings (SSSR count). The molecule has 0 fully saturated rings. The van der Waals surface area contributed by atoms with Crippen LogP contribution in [0.1, 0.15) is 17.2 Å². The highest BCUT2D eigenvalue weighted by Gasteiger charge is 2.19. The highest BCUT2D eigenvalue weighted by molar-refractivity contribution is 14.1. The van der Waals surface area contributed by atoms with Crippen LogP contribution in [-0.4, -0.2) is 0 Å². The summed E-state index contributed by atoms with van der Waals surface area (Å²) in [7, 11) is 0. The van der Waals surface area contributed by atoms with Crippen molar-refractivity contribution in [1.82, 2.24) is 5.43 Å². The number of hydrazine groups is 1. The molecule has 2 nitrogen and oxygen atoms in total. The van der Waals surface area contributed by atoms with Crippen LogP contribution < -0.4 is 11.3 Å². The van der Waals surface area contributed by atoms with Crippen LogP contribution in [0.2, 0.25) is 10.0 Å². The molecule has 6 heteroatoms. The molecule has 1 unspecified atom stereocenters. The van der Waals surface area contributed by atoms with Crippen LogP contribution in [0.4, 0.5) is 0 Å². The van der Waals surface area contributed by atoms with Gasteiger partial charge in [-0.05, 0) is 58.0 Å². The molecule has 0 saturated carbocycles. The fourth-order valence-electron chi connectivity index (χ4n) is 1.83.